The zero-order valence-corrected chi connectivity index (χ0v) is 9.83. The Hall–Kier alpha value is -0.740. The van der Waals surface area contributed by atoms with Gasteiger partial charge in [0, 0.05) is 42.4 Å². The molecule has 4 heteroatoms. The average molecular weight is 223 g/mol. The van der Waals surface area contributed by atoms with Crippen LogP contribution < -0.4 is 10.6 Å². The second kappa shape index (κ2) is 4.86. The molecular weight excluding hydrogens is 206 g/mol. The van der Waals surface area contributed by atoms with Crippen LogP contribution >= 0.6 is 11.8 Å². The fraction of sp³-hybridized carbons (Fsp3) is 0.545. The van der Waals surface area contributed by atoms with Gasteiger partial charge in [-0.25, -0.2) is 4.98 Å². The van der Waals surface area contributed by atoms with E-state index in [9.17, 15) is 0 Å². The van der Waals surface area contributed by atoms with Crippen LogP contribution in [0.3, 0.4) is 0 Å². The molecule has 1 aliphatic heterocycles. The molecule has 1 aliphatic rings. The van der Waals surface area contributed by atoms with Crippen molar-refractivity contribution in [3.63, 3.8) is 0 Å². The van der Waals surface area contributed by atoms with Crippen LogP contribution in [0.5, 0.6) is 0 Å². The first-order valence-electron chi connectivity index (χ1n) is 5.32. The van der Waals surface area contributed by atoms with Gasteiger partial charge in [-0.05, 0) is 13.0 Å². The summed E-state index contributed by atoms with van der Waals surface area (Å²) in [6.07, 6.45) is 1.85. The first kappa shape index (κ1) is 10.8. The number of hydrogen-bond acceptors (Lipinski definition) is 4. The molecule has 0 bridgehead atoms. The van der Waals surface area contributed by atoms with E-state index in [1.807, 2.05) is 30.9 Å². The summed E-state index contributed by atoms with van der Waals surface area (Å²) in [6.45, 7) is 4.18. The van der Waals surface area contributed by atoms with Crippen molar-refractivity contribution in [2.75, 3.05) is 29.5 Å². The van der Waals surface area contributed by atoms with Gasteiger partial charge in [0.05, 0.1) is 0 Å². The van der Waals surface area contributed by atoms with Crippen molar-refractivity contribution in [2.45, 2.75) is 13.0 Å². The molecule has 15 heavy (non-hydrogen) atoms. The fourth-order valence-corrected chi connectivity index (χ4v) is 2.71. The zero-order chi connectivity index (χ0) is 10.7. The van der Waals surface area contributed by atoms with Crippen LogP contribution in [-0.2, 0) is 0 Å². The van der Waals surface area contributed by atoms with Gasteiger partial charge in [0.1, 0.15) is 5.82 Å². The summed E-state index contributed by atoms with van der Waals surface area (Å²) in [7, 11) is 0. The summed E-state index contributed by atoms with van der Waals surface area (Å²) in [4.78, 5) is 6.80. The molecule has 1 atom stereocenters. The number of nitrogens with two attached hydrogens (primary N) is 1. The molecule has 82 valence electrons. The first-order valence-corrected chi connectivity index (χ1v) is 6.47. The molecule has 0 saturated carbocycles. The highest BCUT2D eigenvalue weighted by molar-refractivity contribution is 7.99. The Kier molecular flexibility index (Phi) is 3.49. The van der Waals surface area contributed by atoms with Crippen molar-refractivity contribution in [3.05, 3.63) is 23.9 Å². The molecule has 0 aliphatic carbocycles. The van der Waals surface area contributed by atoms with Gasteiger partial charge in [-0.2, -0.15) is 11.8 Å². The van der Waals surface area contributed by atoms with Gasteiger partial charge < -0.3 is 10.6 Å². The Morgan fingerprint density at radius 2 is 2.20 bits per heavy atom. The highest BCUT2D eigenvalue weighted by Crippen LogP contribution is 2.24. The summed E-state index contributed by atoms with van der Waals surface area (Å²) in [5, 5.41) is 0. The van der Waals surface area contributed by atoms with Gasteiger partial charge in [-0.3, -0.25) is 0 Å². The SMILES string of the molecule is CC(N)c1cccnc1N1CCSCC1. The summed E-state index contributed by atoms with van der Waals surface area (Å²) in [5.41, 5.74) is 7.11. The van der Waals surface area contributed by atoms with E-state index in [4.69, 9.17) is 5.73 Å². The Morgan fingerprint density at radius 1 is 1.47 bits per heavy atom. The molecular formula is C11H17N3S. The van der Waals surface area contributed by atoms with Crippen LogP contribution in [0.2, 0.25) is 0 Å². The van der Waals surface area contributed by atoms with Crippen LogP contribution in [0.25, 0.3) is 0 Å². The highest BCUT2D eigenvalue weighted by atomic mass is 32.2. The van der Waals surface area contributed by atoms with E-state index in [0.29, 0.717) is 0 Å². The third-order valence-electron chi connectivity index (χ3n) is 2.62. The molecule has 1 fully saturated rings. The number of thioether (sulfide) groups is 1. The molecule has 2 heterocycles. The van der Waals surface area contributed by atoms with E-state index in [2.05, 4.69) is 16.0 Å². The van der Waals surface area contributed by atoms with Gasteiger partial charge in [0.15, 0.2) is 0 Å². The van der Waals surface area contributed by atoms with Crippen molar-refractivity contribution in [3.8, 4) is 0 Å². The van der Waals surface area contributed by atoms with Crippen molar-refractivity contribution in [2.24, 2.45) is 5.73 Å². The normalized spacial score (nSPS) is 18.9. The van der Waals surface area contributed by atoms with Gasteiger partial charge in [0.2, 0.25) is 0 Å². The molecule has 0 spiro atoms. The van der Waals surface area contributed by atoms with E-state index in [-0.39, 0.29) is 6.04 Å². The van der Waals surface area contributed by atoms with E-state index in [0.717, 1.165) is 24.5 Å². The van der Waals surface area contributed by atoms with E-state index >= 15 is 0 Å². The summed E-state index contributed by atoms with van der Waals surface area (Å²) < 4.78 is 0. The Labute approximate surface area is 95.1 Å². The number of anilines is 1. The lowest BCUT2D eigenvalue weighted by atomic mass is 10.1. The first-order chi connectivity index (χ1) is 7.29. The molecule has 3 nitrogen and oxygen atoms in total. The fourth-order valence-electron chi connectivity index (χ4n) is 1.80. The largest absolute Gasteiger partial charge is 0.355 e. The Bertz CT molecular complexity index is 321. The maximum atomic E-state index is 5.95. The van der Waals surface area contributed by atoms with Crippen LogP contribution in [0.4, 0.5) is 5.82 Å². The lowest BCUT2D eigenvalue weighted by Crippen LogP contribution is -2.34. The lowest BCUT2D eigenvalue weighted by molar-refractivity contribution is 0.773. The van der Waals surface area contributed by atoms with Crippen molar-refractivity contribution >= 4 is 17.6 Å². The zero-order valence-electron chi connectivity index (χ0n) is 9.02. The molecule has 2 N–H and O–H groups in total. The predicted molar refractivity (Wildman–Crippen MR) is 66.4 cm³/mol. The van der Waals surface area contributed by atoms with Gasteiger partial charge >= 0.3 is 0 Å². The minimum Gasteiger partial charge on any atom is -0.355 e. The minimum absolute atomic E-state index is 0.0586. The summed E-state index contributed by atoms with van der Waals surface area (Å²) in [5.74, 6) is 3.46. The molecule has 0 aromatic carbocycles. The lowest BCUT2D eigenvalue weighted by Gasteiger charge is -2.29. The molecule has 0 radical (unpaired) electrons. The number of rotatable bonds is 2. The third-order valence-corrected chi connectivity index (χ3v) is 3.56. The van der Waals surface area contributed by atoms with Crippen molar-refractivity contribution < 1.29 is 0 Å². The maximum absolute atomic E-state index is 5.95. The molecule has 1 saturated heterocycles. The monoisotopic (exact) mass is 223 g/mol. The van der Waals surface area contributed by atoms with Gasteiger partial charge in [-0.15, -0.1) is 0 Å². The number of hydrogen-bond donors (Lipinski definition) is 1. The number of aromatic nitrogens is 1. The Morgan fingerprint density at radius 3 is 2.87 bits per heavy atom. The molecule has 2 rings (SSSR count). The van der Waals surface area contributed by atoms with Crippen LogP contribution in [0.1, 0.15) is 18.5 Å². The van der Waals surface area contributed by atoms with Crippen LogP contribution in [-0.4, -0.2) is 29.6 Å². The Balaban J connectivity index is 2.25. The van der Waals surface area contributed by atoms with Crippen molar-refractivity contribution in [1.82, 2.24) is 4.98 Å². The van der Waals surface area contributed by atoms with Crippen molar-refractivity contribution in [1.29, 1.82) is 0 Å². The highest BCUT2D eigenvalue weighted by Gasteiger charge is 2.16. The molecule has 1 unspecified atom stereocenters. The molecule has 1 aromatic heterocycles. The standard InChI is InChI=1S/C11H17N3S/c1-9(12)10-3-2-4-13-11(10)14-5-7-15-8-6-14/h2-4,9H,5-8,12H2,1H3. The summed E-state index contributed by atoms with van der Waals surface area (Å²) >= 11 is 2.01. The second-order valence-corrected chi connectivity index (χ2v) is 5.03. The van der Waals surface area contributed by atoms with Crippen LogP contribution in [0, 0.1) is 0 Å². The van der Waals surface area contributed by atoms with Gasteiger partial charge in [0.25, 0.3) is 0 Å². The minimum atomic E-state index is 0.0586. The number of pyridine rings is 1. The van der Waals surface area contributed by atoms with Gasteiger partial charge in [-0.1, -0.05) is 6.07 Å². The quantitative estimate of drug-likeness (QED) is 0.828. The van der Waals surface area contributed by atoms with E-state index < -0.39 is 0 Å². The topological polar surface area (TPSA) is 42.1 Å². The second-order valence-electron chi connectivity index (χ2n) is 3.80. The third kappa shape index (κ3) is 2.44. The molecule has 0 amide bonds. The average Bonchev–Trinajstić information content (AvgIpc) is 2.30. The maximum Gasteiger partial charge on any atom is 0.133 e. The smallest absolute Gasteiger partial charge is 0.133 e. The van der Waals surface area contributed by atoms with E-state index in [1.54, 1.807) is 0 Å². The predicted octanol–water partition coefficient (Wildman–Crippen LogP) is 1.65. The molecule has 1 aromatic rings. The van der Waals surface area contributed by atoms with E-state index in [1.165, 1.54) is 11.5 Å². The summed E-state index contributed by atoms with van der Waals surface area (Å²) in [6, 6.07) is 4.10. The van der Waals surface area contributed by atoms with Crippen LogP contribution in [0.15, 0.2) is 18.3 Å². The number of nitrogens with zero attached hydrogens (tertiary/aromatic N) is 2.